The molecule has 0 fully saturated rings. The zero-order chi connectivity index (χ0) is 16.8. The molecule has 2 aliphatic heterocycles. The van der Waals surface area contributed by atoms with E-state index in [2.05, 4.69) is 33.9 Å². The summed E-state index contributed by atoms with van der Waals surface area (Å²) in [7, 11) is 0. The van der Waals surface area contributed by atoms with Gasteiger partial charge in [-0.05, 0) is 40.9 Å². The van der Waals surface area contributed by atoms with Crippen LogP contribution in [0.25, 0.3) is 0 Å². The largest absolute Gasteiger partial charge is 0.507 e. The number of benzene rings is 1. The van der Waals surface area contributed by atoms with E-state index in [1.165, 1.54) is 15.3 Å². The molecule has 4 heterocycles. The zero-order valence-corrected chi connectivity index (χ0v) is 15.1. The van der Waals surface area contributed by atoms with Gasteiger partial charge >= 0.3 is 0 Å². The standard InChI is InChI=1S/C19H17NO3S2/c21-14-9-16-15(22-11-23-16)8-12(14)10-20-5-3-17-13(4-7-25-17)19(20)18-2-1-6-24-18/h1-2,4,6-9,19,21H,3,5,10-11H2/t19-/m1/s1. The summed E-state index contributed by atoms with van der Waals surface area (Å²) in [5, 5.41) is 14.7. The predicted molar refractivity (Wildman–Crippen MR) is 98.8 cm³/mol. The number of phenols is 1. The fourth-order valence-corrected chi connectivity index (χ4v) is 5.42. The van der Waals surface area contributed by atoms with E-state index in [0.29, 0.717) is 18.0 Å². The highest BCUT2D eigenvalue weighted by Gasteiger charge is 2.31. The van der Waals surface area contributed by atoms with Crippen molar-refractivity contribution in [2.75, 3.05) is 13.3 Å². The van der Waals surface area contributed by atoms with Crippen molar-refractivity contribution < 1.29 is 14.6 Å². The van der Waals surface area contributed by atoms with Crippen LogP contribution in [0.3, 0.4) is 0 Å². The Hall–Kier alpha value is -2.02. The number of nitrogens with zero attached hydrogens (tertiary/aromatic N) is 1. The van der Waals surface area contributed by atoms with Crippen LogP contribution in [0.1, 0.15) is 26.9 Å². The minimum absolute atomic E-state index is 0.220. The van der Waals surface area contributed by atoms with Gasteiger partial charge in [0, 0.05) is 34.5 Å². The van der Waals surface area contributed by atoms with Gasteiger partial charge in [0.05, 0.1) is 6.04 Å². The average Bonchev–Trinajstić information content (AvgIpc) is 3.36. The van der Waals surface area contributed by atoms with E-state index in [9.17, 15) is 5.11 Å². The highest BCUT2D eigenvalue weighted by atomic mass is 32.1. The Labute approximate surface area is 153 Å². The zero-order valence-electron chi connectivity index (χ0n) is 13.5. The van der Waals surface area contributed by atoms with Crippen LogP contribution in [0.2, 0.25) is 0 Å². The third kappa shape index (κ3) is 2.61. The van der Waals surface area contributed by atoms with Gasteiger partial charge in [0.25, 0.3) is 0 Å². The lowest BCUT2D eigenvalue weighted by molar-refractivity contribution is 0.173. The second-order valence-electron chi connectivity index (χ2n) is 6.27. The van der Waals surface area contributed by atoms with Gasteiger partial charge in [-0.15, -0.1) is 22.7 Å². The van der Waals surface area contributed by atoms with Crippen molar-refractivity contribution in [2.24, 2.45) is 0 Å². The van der Waals surface area contributed by atoms with E-state index in [1.54, 1.807) is 17.4 Å². The Morgan fingerprint density at radius 2 is 2.00 bits per heavy atom. The first-order chi connectivity index (χ1) is 12.3. The molecule has 1 N–H and O–H groups in total. The average molecular weight is 371 g/mol. The van der Waals surface area contributed by atoms with Crippen LogP contribution in [0.5, 0.6) is 17.2 Å². The van der Waals surface area contributed by atoms with Crippen LogP contribution < -0.4 is 9.47 Å². The van der Waals surface area contributed by atoms with Gasteiger partial charge < -0.3 is 14.6 Å². The maximum absolute atomic E-state index is 10.4. The molecule has 3 aromatic rings. The molecule has 2 aromatic heterocycles. The molecule has 1 atom stereocenters. The van der Waals surface area contributed by atoms with Crippen molar-refractivity contribution in [3.63, 3.8) is 0 Å². The third-order valence-electron chi connectivity index (χ3n) is 4.83. The van der Waals surface area contributed by atoms with E-state index >= 15 is 0 Å². The molecule has 0 saturated carbocycles. The van der Waals surface area contributed by atoms with E-state index in [4.69, 9.17) is 9.47 Å². The highest BCUT2D eigenvalue weighted by Crippen LogP contribution is 2.42. The molecule has 128 valence electrons. The summed E-state index contributed by atoms with van der Waals surface area (Å²) >= 11 is 3.64. The number of rotatable bonds is 3. The fraction of sp³-hybridized carbons (Fsp3) is 0.263. The van der Waals surface area contributed by atoms with Crippen LogP contribution in [-0.4, -0.2) is 23.3 Å². The number of hydrogen-bond acceptors (Lipinski definition) is 6. The van der Waals surface area contributed by atoms with Gasteiger partial charge in [0.2, 0.25) is 6.79 Å². The van der Waals surface area contributed by atoms with Crippen LogP contribution in [0.15, 0.2) is 41.1 Å². The molecule has 1 aromatic carbocycles. The molecule has 4 nitrogen and oxygen atoms in total. The Bertz CT molecular complexity index is 904. The Morgan fingerprint density at radius 1 is 1.12 bits per heavy atom. The van der Waals surface area contributed by atoms with Gasteiger partial charge in [-0.2, -0.15) is 0 Å². The Kier molecular flexibility index (Phi) is 3.69. The number of phenolic OH excluding ortho intramolecular Hbond substituents is 1. The normalized spacial score (nSPS) is 19.1. The highest BCUT2D eigenvalue weighted by molar-refractivity contribution is 7.10. The van der Waals surface area contributed by atoms with Gasteiger partial charge in [0.1, 0.15) is 5.75 Å². The molecular weight excluding hydrogens is 354 g/mol. The lowest BCUT2D eigenvalue weighted by Crippen LogP contribution is -2.34. The third-order valence-corrected chi connectivity index (χ3v) is 6.75. The number of thiophene rings is 2. The summed E-state index contributed by atoms with van der Waals surface area (Å²) in [6.07, 6.45) is 1.06. The summed E-state index contributed by atoms with van der Waals surface area (Å²) in [5.41, 5.74) is 2.28. The maximum Gasteiger partial charge on any atom is 0.231 e. The van der Waals surface area contributed by atoms with Crippen molar-refractivity contribution in [3.05, 3.63) is 62.0 Å². The van der Waals surface area contributed by atoms with Gasteiger partial charge in [0.15, 0.2) is 11.5 Å². The minimum Gasteiger partial charge on any atom is -0.507 e. The van der Waals surface area contributed by atoms with Crippen molar-refractivity contribution in [3.8, 4) is 17.2 Å². The molecule has 6 heteroatoms. The van der Waals surface area contributed by atoms with Crippen LogP contribution in [0.4, 0.5) is 0 Å². The molecule has 0 bridgehead atoms. The first-order valence-corrected chi connectivity index (χ1v) is 10.0. The SMILES string of the molecule is Oc1cc2c(cc1CN1CCc3sccc3[C@@H]1c1cccs1)OCO2. The predicted octanol–water partition coefficient (Wildman–Crippen LogP) is 4.39. The summed E-state index contributed by atoms with van der Waals surface area (Å²) in [5.74, 6) is 1.61. The van der Waals surface area contributed by atoms with E-state index in [-0.39, 0.29) is 18.6 Å². The molecule has 25 heavy (non-hydrogen) atoms. The second kappa shape index (κ2) is 6.05. The number of fused-ring (bicyclic) bond motifs is 2. The summed E-state index contributed by atoms with van der Waals surface area (Å²) in [6.45, 7) is 1.88. The molecule has 0 aliphatic carbocycles. The molecule has 0 radical (unpaired) electrons. The molecule has 5 rings (SSSR count). The topological polar surface area (TPSA) is 41.9 Å². The summed E-state index contributed by atoms with van der Waals surface area (Å²) < 4.78 is 10.8. The quantitative estimate of drug-likeness (QED) is 0.741. The lowest BCUT2D eigenvalue weighted by atomic mass is 9.97. The maximum atomic E-state index is 10.4. The first-order valence-electron chi connectivity index (χ1n) is 8.25. The molecule has 0 spiro atoms. The van der Waals surface area contributed by atoms with E-state index in [1.807, 2.05) is 17.4 Å². The summed E-state index contributed by atoms with van der Waals surface area (Å²) in [6, 6.07) is 10.4. The number of hydrogen-bond donors (Lipinski definition) is 1. The minimum atomic E-state index is 0.220. The van der Waals surface area contributed by atoms with Gasteiger partial charge in [-0.1, -0.05) is 6.07 Å². The van der Waals surface area contributed by atoms with Gasteiger partial charge in [-0.3, -0.25) is 4.90 Å². The van der Waals surface area contributed by atoms with Crippen molar-refractivity contribution in [1.82, 2.24) is 4.90 Å². The number of aromatic hydroxyl groups is 1. The van der Waals surface area contributed by atoms with Gasteiger partial charge in [-0.25, -0.2) is 0 Å². The number of ether oxygens (including phenoxy) is 2. The monoisotopic (exact) mass is 371 g/mol. The van der Waals surface area contributed by atoms with E-state index in [0.717, 1.165) is 18.5 Å². The molecule has 0 unspecified atom stereocenters. The summed E-state index contributed by atoms with van der Waals surface area (Å²) in [4.78, 5) is 5.27. The molecule has 2 aliphatic rings. The first kappa shape index (κ1) is 15.3. The lowest BCUT2D eigenvalue weighted by Gasteiger charge is -2.35. The van der Waals surface area contributed by atoms with E-state index < -0.39 is 0 Å². The van der Waals surface area contributed by atoms with Crippen molar-refractivity contribution >= 4 is 22.7 Å². The Balaban J connectivity index is 1.51. The molecule has 0 saturated heterocycles. The second-order valence-corrected chi connectivity index (χ2v) is 8.25. The molecular formula is C19H17NO3S2. The fourth-order valence-electron chi connectivity index (χ4n) is 3.64. The van der Waals surface area contributed by atoms with Crippen LogP contribution in [0, 0.1) is 0 Å². The Morgan fingerprint density at radius 3 is 2.84 bits per heavy atom. The van der Waals surface area contributed by atoms with Crippen molar-refractivity contribution in [2.45, 2.75) is 19.0 Å². The smallest absolute Gasteiger partial charge is 0.231 e. The van der Waals surface area contributed by atoms with Crippen LogP contribution in [-0.2, 0) is 13.0 Å². The molecule has 0 amide bonds. The van der Waals surface area contributed by atoms with Crippen LogP contribution >= 0.6 is 22.7 Å². The van der Waals surface area contributed by atoms with Crippen molar-refractivity contribution in [1.29, 1.82) is 0 Å².